The van der Waals surface area contributed by atoms with Crippen molar-refractivity contribution in [3.8, 4) is 0 Å². The fourth-order valence-electron chi connectivity index (χ4n) is 2.58. The van der Waals surface area contributed by atoms with Crippen LogP contribution in [0, 0.1) is 4.64 Å². The van der Waals surface area contributed by atoms with Crippen LogP contribution in [0.25, 0.3) is 0 Å². The average Bonchev–Trinajstić information content (AvgIpc) is 2.63. The molecule has 0 amide bonds. The summed E-state index contributed by atoms with van der Waals surface area (Å²) in [6.07, 6.45) is 9.44. The van der Waals surface area contributed by atoms with Gasteiger partial charge in [-0.25, -0.2) is 14.6 Å². The van der Waals surface area contributed by atoms with E-state index in [0.717, 1.165) is 0 Å². The minimum Gasteiger partial charge on any atom is -0.478 e. The zero-order chi connectivity index (χ0) is 18.9. The van der Waals surface area contributed by atoms with E-state index in [0.29, 0.717) is 15.8 Å². The van der Waals surface area contributed by atoms with Crippen LogP contribution in [0.2, 0.25) is 0 Å². The Balaban J connectivity index is 0.000000209. The molecule has 2 aromatic heterocycles. The number of carbonyl (C=O) groups is 2. The second-order valence-electron chi connectivity index (χ2n) is 5.76. The van der Waals surface area contributed by atoms with Gasteiger partial charge in [-0.15, -0.1) is 11.8 Å². The number of carboxylic acid groups (broad SMARTS) is 2. The molecule has 2 aromatic rings. The van der Waals surface area contributed by atoms with E-state index in [9.17, 15) is 9.59 Å². The molecule has 2 heterocycles. The van der Waals surface area contributed by atoms with Gasteiger partial charge >= 0.3 is 11.9 Å². The summed E-state index contributed by atoms with van der Waals surface area (Å²) >= 11 is 6.32. The molecule has 26 heavy (non-hydrogen) atoms. The highest BCUT2D eigenvalue weighted by Crippen LogP contribution is 2.33. The van der Waals surface area contributed by atoms with Crippen LogP contribution in [0.15, 0.2) is 41.7 Å². The summed E-state index contributed by atoms with van der Waals surface area (Å²) < 4.78 is 0.259. The molecule has 0 unspecified atom stereocenters. The van der Waals surface area contributed by atoms with Crippen molar-refractivity contribution in [3.63, 3.8) is 0 Å². The predicted molar refractivity (Wildman–Crippen MR) is 103 cm³/mol. The lowest BCUT2D eigenvalue weighted by Gasteiger charge is -2.20. The van der Waals surface area contributed by atoms with Gasteiger partial charge in [0, 0.05) is 17.6 Å². The zero-order valence-electron chi connectivity index (χ0n) is 14.1. The van der Waals surface area contributed by atoms with Crippen molar-refractivity contribution >= 4 is 35.9 Å². The van der Waals surface area contributed by atoms with Gasteiger partial charge in [-0.3, -0.25) is 0 Å². The van der Waals surface area contributed by atoms with Gasteiger partial charge in [-0.2, -0.15) is 0 Å². The Kier molecular flexibility index (Phi) is 7.80. The molecule has 0 aliphatic heterocycles. The van der Waals surface area contributed by atoms with E-state index < -0.39 is 11.9 Å². The molecule has 0 radical (unpaired) electrons. The number of pyridine rings is 2. The number of hydrogen-bond acceptors (Lipinski definition) is 5. The fourth-order valence-corrected chi connectivity index (χ4v) is 4.09. The van der Waals surface area contributed by atoms with Crippen LogP contribution >= 0.6 is 24.0 Å². The van der Waals surface area contributed by atoms with Gasteiger partial charge in [0.05, 0.1) is 11.1 Å². The Bertz CT molecular complexity index is 817. The van der Waals surface area contributed by atoms with Crippen molar-refractivity contribution in [2.75, 3.05) is 0 Å². The van der Waals surface area contributed by atoms with Crippen molar-refractivity contribution in [2.45, 2.75) is 42.4 Å². The monoisotopic (exact) mass is 392 g/mol. The first-order valence-corrected chi connectivity index (χ1v) is 9.53. The maximum absolute atomic E-state index is 11.0. The van der Waals surface area contributed by atoms with E-state index in [1.807, 2.05) is 0 Å². The van der Waals surface area contributed by atoms with Gasteiger partial charge in [-0.1, -0.05) is 31.5 Å². The summed E-state index contributed by atoms with van der Waals surface area (Å²) in [5.41, 5.74) is 0.468. The average molecular weight is 393 g/mol. The molecule has 138 valence electrons. The van der Waals surface area contributed by atoms with Crippen LogP contribution in [0.4, 0.5) is 0 Å². The normalized spacial score (nSPS) is 14.2. The maximum atomic E-state index is 11.0. The molecule has 1 fully saturated rings. The van der Waals surface area contributed by atoms with Crippen LogP contribution in [0.5, 0.6) is 0 Å². The number of nitrogens with zero attached hydrogens (tertiary/aromatic N) is 1. The number of aromatic amines is 1. The molecular weight excluding hydrogens is 372 g/mol. The fraction of sp³-hybridized carbons (Fsp3) is 0.333. The Hall–Kier alpha value is -2.19. The molecule has 8 heteroatoms. The molecule has 0 bridgehead atoms. The number of aromatic nitrogens is 2. The highest BCUT2D eigenvalue weighted by Gasteiger charge is 2.19. The highest BCUT2D eigenvalue weighted by molar-refractivity contribution is 7.99. The van der Waals surface area contributed by atoms with Gasteiger partial charge in [0.1, 0.15) is 9.67 Å². The number of H-pyrrole nitrogens is 1. The largest absolute Gasteiger partial charge is 0.478 e. The highest BCUT2D eigenvalue weighted by atomic mass is 32.2. The number of aromatic carboxylic acids is 2. The first-order chi connectivity index (χ1) is 12.5. The van der Waals surface area contributed by atoms with Crippen molar-refractivity contribution in [1.82, 2.24) is 9.97 Å². The van der Waals surface area contributed by atoms with Crippen molar-refractivity contribution in [2.24, 2.45) is 0 Å². The molecule has 1 aliphatic rings. The quantitative estimate of drug-likeness (QED) is 0.651. The second-order valence-corrected chi connectivity index (χ2v) is 7.45. The van der Waals surface area contributed by atoms with Gasteiger partial charge in [0.15, 0.2) is 0 Å². The van der Waals surface area contributed by atoms with Crippen LogP contribution in [0.3, 0.4) is 0 Å². The first kappa shape index (κ1) is 20.1. The molecule has 0 spiro atoms. The summed E-state index contributed by atoms with van der Waals surface area (Å²) in [6.45, 7) is 0. The smallest absolute Gasteiger partial charge is 0.338 e. The van der Waals surface area contributed by atoms with E-state index in [-0.39, 0.29) is 10.2 Å². The maximum Gasteiger partial charge on any atom is 0.338 e. The standard InChI is InChI=1S/C12H15NO2S.C6H5NO2S/c14-12(15)10-7-4-8-13-11(10)16-9-5-2-1-3-6-9;8-6(9)4-2-1-3-7-5(4)10/h4,7-9H,1-3,5-6H2,(H,14,15);1-3H,(H,7,10)(H,8,9). The van der Waals surface area contributed by atoms with Crippen molar-refractivity contribution < 1.29 is 19.8 Å². The molecule has 1 aliphatic carbocycles. The molecule has 0 aromatic carbocycles. The number of carboxylic acids is 2. The minimum atomic E-state index is -0.998. The van der Waals surface area contributed by atoms with Crippen LogP contribution < -0.4 is 0 Å². The molecule has 6 nitrogen and oxygen atoms in total. The third-order valence-electron chi connectivity index (χ3n) is 3.88. The Labute approximate surface area is 160 Å². The topological polar surface area (TPSA) is 103 Å². The third-order valence-corrected chi connectivity index (χ3v) is 5.57. The number of rotatable bonds is 4. The summed E-state index contributed by atoms with van der Waals surface area (Å²) in [4.78, 5) is 28.1. The molecule has 1 saturated carbocycles. The van der Waals surface area contributed by atoms with E-state index in [1.165, 1.54) is 38.2 Å². The molecule has 0 atom stereocenters. The summed E-state index contributed by atoms with van der Waals surface area (Å²) in [5, 5.41) is 18.7. The lowest BCUT2D eigenvalue weighted by atomic mass is 10.0. The van der Waals surface area contributed by atoms with Crippen LogP contribution in [-0.4, -0.2) is 37.4 Å². The van der Waals surface area contributed by atoms with Crippen LogP contribution in [-0.2, 0) is 0 Å². The zero-order valence-corrected chi connectivity index (χ0v) is 15.7. The lowest BCUT2D eigenvalue weighted by Crippen LogP contribution is -2.10. The van der Waals surface area contributed by atoms with E-state index >= 15 is 0 Å². The lowest BCUT2D eigenvalue weighted by molar-refractivity contribution is 0.0683. The molecule has 3 rings (SSSR count). The SMILES string of the molecule is O=C(O)c1ccc[nH]c1=S.O=C(O)c1cccnc1SC1CCCCC1. The number of hydrogen-bond donors (Lipinski definition) is 3. The third kappa shape index (κ3) is 5.96. The summed E-state index contributed by atoms with van der Waals surface area (Å²) in [7, 11) is 0. The van der Waals surface area contributed by atoms with Crippen LogP contribution in [0.1, 0.15) is 52.8 Å². The second kappa shape index (κ2) is 10.1. The van der Waals surface area contributed by atoms with Crippen molar-refractivity contribution in [3.05, 3.63) is 52.4 Å². The number of thioether (sulfide) groups is 1. The van der Waals surface area contributed by atoms with E-state index in [2.05, 4.69) is 9.97 Å². The molecule has 0 saturated heterocycles. The minimum absolute atomic E-state index is 0.137. The Morgan fingerprint density at radius 2 is 1.73 bits per heavy atom. The first-order valence-electron chi connectivity index (χ1n) is 8.25. The number of nitrogens with one attached hydrogen (secondary N) is 1. The molecule has 3 N–H and O–H groups in total. The molecular formula is C18H20N2O4S2. The summed E-state index contributed by atoms with van der Waals surface area (Å²) in [5.74, 6) is -1.88. The Morgan fingerprint density at radius 1 is 1.08 bits per heavy atom. The summed E-state index contributed by atoms with van der Waals surface area (Å²) in [6, 6.07) is 6.36. The Morgan fingerprint density at radius 3 is 2.31 bits per heavy atom. The van der Waals surface area contributed by atoms with E-state index in [4.69, 9.17) is 22.4 Å². The van der Waals surface area contributed by atoms with Gasteiger partial charge in [0.2, 0.25) is 0 Å². The van der Waals surface area contributed by atoms with Gasteiger partial charge in [-0.05, 0) is 37.1 Å². The van der Waals surface area contributed by atoms with Gasteiger partial charge < -0.3 is 15.2 Å². The predicted octanol–water partition coefficient (Wildman–Crippen LogP) is 4.65. The van der Waals surface area contributed by atoms with Crippen molar-refractivity contribution in [1.29, 1.82) is 0 Å². The van der Waals surface area contributed by atoms with Gasteiger partial charge in [0.25, 0.3) is 0 Å². The van der Waals surface area contributed by atoms with E-state index in [1.54, 1.807) is 42.4 Å².